The van der Waals surface area contributed by atoms with Crippen molar-refractivity contribution in [2.75, 3.05) is 6.54 Å². The minimum Gasteiger partial charge on any atom is -0.457 e. The van der Waals surface area contributed by atoms with Gasteiger partial charge in [0.15, 0.2) is 0 Å². The third kappa shape index (κ3) is 6.10. The van der Waals surface area contributed by atoms with E-state index in [1.54, 1.807) is 0 Å². The van der Waals surface area contributed by atoms with E-state index in [0.29, 0.717) is 19.5 Å². The molecule has 6 nitrogen and oxygen atoms in total. The summed E-state index contributed by atoms with van der Waals surface area (Å²) in [5.74, 6) is 1.40. The van der Waals surface area contributed by atoms with Crippen molar-refractivity contribution in [1.29, 1.82) is 0 Å². The van der Waals surface area contributed by atoms with Gasteiger partial charge in [-0.15, -0.1) is 0 Å². The Labute approximate surface area is 181 Å². The number of carbonyl (C=O) groups is 3. The van der Waals surface area contributed by atoms with Crippen molar-refractivity contribution in [2.45, 2.75) is 38.5 Å². The first-order valence-electron chi connectivity index (χ1n) is 10.0. The standard InChI is InChI=1S/C23H26N2O4S/c1-16(2)15-25-22(27)20(30-23(25)28)12-13-21(26)24-14-17-8-10-19(11-9-17)29-18-6-4-3-5-7-18/h3-11,16,20H,12-15H2,1-2H3,(H,24,26). The number of benzene rings is 2. The van der Waals surface area contributed by atoms with Gasteiger partial charge in [0, 0.05) is 19.5 Å². The number of hydrogen-bond acceptors (Lipinski definition) is 5. The highest BCUT2D eigenvalue weighted by Gasteiger charge is 2.39. The summed E-state index contributed by atoms with van der Waals surface area (Å²) in [5, 5.41) is 2.19. The molecule has 2 aromatic carbocycles. The number of para-hydroxylation sites is 1. The molecule has 0 radical (unpaired) electrons. The first-order chi connectivity index (χ1) is 14.4. The van der Waals surface area contributed by atoms with Crippen LogP contribution >= 0.6 is 11.8 Å². The van der Waals surface area contributed by atoms with Crippen LogP contribution in [-0.4, -0.2) is 33.7 Å². The maximum absolute atomic E-state index is 12.3. The second-order valence-corrected chi connectivity index (χ2v) is 8.74. The Bertz CT molecular complexity index is 884. The molecule has 1 atom stereocenters. The maximum atomic E-state index is 12.3. The molecule has 1 fully saturated rings. The van der Waals surface area contributed by atoms with Crippen LogP contribution < -0.4 is 10.1 Å². The molecule has 0 bridgehead atoms. The lowest BCUT2D eigenvalue weighted by Gasteiger charge is -2.15. The normalized spacial score (nSPS) is 16.2. The van der Waals surface area contributed by atoms with E-state index in [0.717, 1.165) is 28.8 Å². The zero-order valence-electron chi connectivity index (χ0n) is 17.2. The van der Waals surface area contributed by atoms with Crippen LogP contribution in [-0.2, 0) is 16.1 Å². The molecular weight excluding hydrogens is 400 g/mol. The number of carbonyl (C=O) groups excluding carboxylic acids is 3. The molecule has 3 rings (SSSR count). The number of amides is 3. The number of ether oxygens (including phenoxy) is 1. The third-order valence-electron chi connectivity index (χ3n) is 4.58. The van der Waals surface area contributed by atoms with Gasteiger partial charge in [-0.3, -0.25) is 19.3 Å². The average Bonchev–Trinajstić information content (AvgIpc) is 2.99. The van der Waals surface area contributed by atoms with Crippen LogP contribution in [0.1, 0.15) is 32.3 Å². The predicted octanol–water partition coefficient (Wildman–Crippen LogP) is 4.60. The topological polar surface area (TPSA) is 75.7 Å². The van der Waals surface area contributed by atoms with Gasteiger partial charge in [0.2, 0.25) is 11.8 Å². The Morgan fingerprint density at radius 2 is 1.73 bits per heavy atom. The lowest BCUT2D eigenvalue weighted by molar-refractivity contribution is -0.127. The van der Waals surface area contributed by atoms with Crippen molar-refractivity contribution in [3.8, 4) is 11.5 Å². The monoisotopic (exact) mass is 426 g/mol. The van der Waals surface area contributed by atoms with Crippen molar-refractivity contribution >= 4 is 28.8 Å². The maximum Gasteiger partial charge on any atom is 0.289 e. The summed E-state index contributed by atoms with van der Waals surface area (Å²) >= 11 is 1.03. The highest BCUT2D eigenvalue weighted by Crippen LogP contribution is 2.30. The van der Waals surface area contributed by atoms with Crippen LogP contribution in [0.3, 0.4) is 0 Å². The van der Waals surface area contributed by atoms with E-state index in [9.17, 15) is 14.4 Å². The quantitative estimate of drug-likeness (QED) is 0.634. The number of nitrogens with zero attached hydrogens (tertiary/aromatic N) is 1. The van der Waals surface area contributed by atoms with Gasteiger partial charge in [0.25, 0.3) is 5.24 Å². The summed E-state index contributed by atoms with van der Waals surface area (Å²) in [7, 11) is 0. The second-order valence-electron chi connectivity index (χ2n) is 7.59. The van der Waals surface area contributed by atoms with Gasteiger partial charge >= 0.3 is 0 Å². The van der Waals surface area contributed by atoms with Crippen LogP contribution in [0.25, 0.3) is 0 Å². The summed E-state index contributed by atoms with van der Waals surface area (Å²) < 4.78 is 5.75. The van der Waals surface area contributed by atoms with Crippen molar-refractivity contribution < 1.29 is 19.1 Å². The van der Waals surface area contributed by atoms with Crippen LogP contribution in [0.5, 0.6) is 11.5 Å². The number of hydrogen-bond donors (Lipinski definition) is 1. The van der Waals surface area contributed by atoms with Gasteiger partial charge in [0.05, 0.1) is 5.25 Å². The molecule has 2 aromatic rings. The second kappa shape index (κ2) is 10.3. The van der Waals surface area contributed by atoms with Gasteiger partial charge in [-0.2, -0.15) is 0 Å². The molecule has 3 amide bonds. The molecule has 0 aromatic heterocycles. The average molecular weight is 427 g/mol. The molecule has 1 heterocycles. The molecule has 0 spiro atoms. The molecule has 0 saturated carbocycles. The van der Waals surface area contributed by atoms with E-state index in [1.807, 2.05) is 68.4 Å². The largest absolute Gasteiger partial charge is 0.457 e. The Morgan fingerprint density at radius 1 is 1.07 bits per heavy atom. The van der Waals surface area contributed by atoms with Gasteiger partial charge < -0.3 is 10.1 Å². The molecular formula is C23H26N2O4S. The van der Waals surface area contributed by atoms with Gasteiger partial charge in [-0.25, -0.2) is 0 Å². The first kappa shape index (κ1) is 21.9. The Hall–Kier alpha value is -2.80. The smallest absolute Gasteiger partial charge is 0.289 e. The minimum atomic E-state index is -0.462. The lowest BCUT2D eigenvalue weighted by Crippen LogP contribution is -2.35. The Morgan fingerprint density at radius 3 is 2.40 bits per heavy atom. The molecule has 0 aliphatic carbocycles. The fourth-order valence-corrected chi connectivity index (χ4v) is 4.06. The summed E-state index contributed by atoms with van der Waals surface area (Å²) in [6.07, 6.45) is 0.570. The van der Waals surface area contributed by atoms with E-state index >= 15 is 0 Å². The van der Waals surface area contributed by atoms with E-state index in [4.69, 9.17) is 4.74 Å². The number of rotatable bonds is 9. The molecule has 1 aliphatic heterocycles. The summed E-state index contributed by atoms with van der Waals surface area (Å²) in [5.41, 5.74) is 0.952. The zero-order valence-corrected chi connectivity index (χ0v) is 18.0. The lowest BCUT2D eigenvalue weighted by atomic mass is 10.1. The van der Waals surface area contributed by atoms with Crippen LogP contribution in [0.4, 0.5) is 4.79 Å². The molecule has 1 saturated heterocycles. The van der Waals surface area contributed by atoms with Crippen molar-refractivity contribution in [3.05, 3.63) is 60.2 Å². The van der Waals surface area contributed by atoms with Crippen LogP contribution in [0.2, 0.25) is 0 Å². The molecule has 7 heteroatoms. The van der Waals surface area contributed by atoms with Gasteiger partial charge in [-0.1, -0.05) is 55.9 Å². The van der Waals surface area contributed by atoms with E-state index < -0.39 is 5.25 Å². The highest BCUT2D eigenvalue weighted by molar-refractivity contribution is 8.15. The Kier molecular flexibility index (Phi) is 7.52. The van der Waals surface area contributed by atoms with Gasteiger partial charge in [0.1, 0.15) is 11.5 Å². The first-order valence-corrected chi connectivity index (χ1v) is 10.9. The highest BCUT2D eigenvalue weighted by atomic mass is 32.2. The number of nitrogens with one attached hydrogen (secondary N) is 1. The van der Waals surface area contributed by atoms with Crippen LogP contribution in [0.15, 0.2) is 54.6 Å². The predicted molar refractivity (Wildman–Crippen MR) is 117 cm³/mol. The van der Waals surface area contributed by atoms with E-state index in [-0.39, 0.29) is 29.4 Å². The van der Waals surface area contributed by atoms with Crippen molar-refractivity contribution in [3.63, 3.8) is 0 Å². The summed E-state index contributed by atoms with van der Waals surface area (Å²) in [6.45, 7) is 4.75. The molecule has 1 N–H and O–H groups in total. The summed E-state index contributed by atoms with van der Waals surface area (Å²) in [6, 6.07) is 17.0. The number of imide groups is 1. The summed E-state index contributed by atoms with van der Waals surface area (Å²) in [4.78, 5) is 37.8. The fourth-order valence-electron chi connectivity index (χ4n) is 3.06. The zero-order chi connectivity index (χ0) is 21.5. The molecule has 30 heavy (non-hydrogen) atoms. The third-order valence-corrected chi connectivity index (χ3v) is 5.72. The SMILES string of the molecule is CC(C)CN1C(=O)SC(CCC(=O)NCc2ccc(Oc3ccccc3)cc2)C1=O. The Balaban J connectivity index is 1.41. The molecule has 158 valence electrons. The van der Waals surface area contributed by atoms with Gasteiger partial charge in [-0.05, 0) is 42.2 Å². The molecule has 1 unspecified atom stereocenters. The fraction of sp³-hybridized carbons (Fsp3) is 0.348. The number of thioether (sulfide) groups is 1. The minimum absolute atomic E-state index is 0.136. The van der Waals surface area contributed by atoms with Crippen LogP contribution in [0, 0.1) is 5.92 Å². The van der Waals surface area contributed by atoms with Crippen molar-refractivity contribution in [1.82, 2.24) is 10.2 Å². The van der Waals surface area contributed by atoms with Crippen molar-refractivity contribution in [2.24, 2.45) is 5.92 Å². The van der Waals surface area contributed by atoms with E-state index in [1.165, 1.54) is 4.90 Å². The molecule has 1 aliphatic rings. The van der Waals surface area contributed by atoms with E-state index in [2.05, 4.69) is 5.32 Å².